The highest BCUT2D eigenvalue weighted by Gasteiger charge is 2.12. The number of fused-ring (bicyclic) bond motifs is 1. The normalized spacial score (nSPS) is 16.3. The Bertz CT molecular complexity index is 566. The van der Waals surface area contributed by atoms with Gasteiger partial charge in [-0.05, 0) is 37.0 Å². The lowest BCUT2D eigenvalue weighted by Crippen LogP contribution is -2.35. The smallest absolute Gasteiger partial charge is 0.108 e. The zero-order valence-corrected chi connectivity index (χ0v) is 10.7. The third kappa shape index (κ3) is 2.25. The zero-order valence-electron chi connectivity index (χ0n) is 10.7. The van der Waals surface area contributed by atoms with Crippen molar-refractivity contribution < 1.29 is 0 Å². The molecule has 0 saturated carbocycles. The summed E-state index contributed by atoms with van der Waals surface area (Å²) in [5.41, 5.74) is 9.32. The molecule has 0 amide bonds. The van der Waals surface area contributed by atoms with Gasteiger partial charge in [0.2, 0.25) is 0 Å². The number of rotatable bonds is 3. The van der Waals surface area contributed by atoms with Crippen molar-refractivity contribution in [2.45, 2.75) is 32.2 Å². The molecule has 1 aliphatic rings. The van der Waals surface area contributed by atoms with Gasteiger partial charge in [0.25, 0.3) is 0 Å². The fourth-order valence-corrected chi connectivity index (χ4v) is 2.38. The molecule has 3 heteroatoms. The maximum Gasteiger partial charge on any atom is 0.108 e. The maximum atomic E-state index is 6.13. The summed E-state index contributed by atoms with van der Waals surface area (Å²) in [7, 11) is 8.19. The van der Waals surface area contributed by atoms with Crippen LogP contribution in [0.3, 0.4) is 0 Å². The van der Waals surface area contributed by atoms with Gasteiger partial charge in [-0.25, -0.2) is 0 Å². The summed E-state index contributed by atoms with van der Waals surface area (Å²) in [4.78, 5) is 0. The predicted octanol–water partition coefficient (Wildman–Crippen LogP) is 0.322. The number of aromatic nitrogens is 1. The molecule has 2 rings (SSSR count). The SMILES string of the molecule is [B]C1=c2c(CC(N)C(=C)C)cn(C)c2=CCC1. The summed E-state index contributed by atoms with van der Waals surface area (Å²) in [5, 5.41) is 2.44. The summed E-state index contributed by atoms with van der Waals surface area (Å²) in [6.07, 6.45) is 7.19. The largest absolute Gasteiger partial charge is 0.351 e. The highest BCUT2D eigenvalue weighted by molar-refractivity contribution is 6.38. The minimum atomic E-state index is 0.0104. The second-order valence-electron chi connectivity index (χ2n) is 4.95. The standard InChI is InChI=1S/C14H19BN2/c1-9(2)12(16)7-10-8-17(3)13-6-4-5-11(15)14(10)13/h6,8,12H,1,4-5,7,16H2,2-3H3. The number of hydrogen-bond donors (Lipinski definition) is 1. The maximum absolute atomic E-state index is 6.13. The van der Waals surface area contributed by atoms with Crippen molar-refractivity contribution in [1.29, 1.82) is 0 Å². The Labute approximate surface area is 104 Å². The molecule has 2 N–H and O–H groups in total. The first kappa shape index (κ1) is 12.2. The van der Waals surface area contributed by atoms with E-state index in [4.69, 9.17) is 13.6 Å². The average molecular weight is 226 g/mol. The van der Waals surface area contributed by atoms with Crippen LogP contribution in [-0.2, 0) is 13.5 Å². The predicted molar refractivity (Wildman–Crippen MR) is 74.0 cm³/mol. The summed E-state index contributed by atoms with van der Waals surface area (Å²) in [6.45, 7) is 5.88. The van der Waals surface area contributed by atoms with Crippen LogP contribution in [-0.4, -0.2) is 18.5 Å². The molecule has 1 aromatic heterocycles. The van der Waals surface area contributed by atoms with Gasteiger partial charge < -0.3 is 10.3 Å². The number of nitrogens with zero attached hydrogens (tertiary/aromatic N) is 1. The Hall–Kier alpha value is -1.22. The van der Waals surface area contributed by atoms with E-state index in [2.05, 4.69) is 30.5 Å². The van der Waals surface area contributed by atoms with Gasteiger partial charge in [0.05, 0.1) is 0 Å². The second kappa shape index (κ2) is 4.57. The quantitative estimate of drug-likeness (QED) is 0.584. The topological polar surface area (TPSA) is 30.9 Å². The first-order chi connectivity index (χ1) is 8.00. The monoisotopic (exact) mass is 226 g/mol. The van der Waals surface area contributed by atoms with Gasteiger partial charge in [0.15, 0.2) is 0 Å². The van der Waals surface area contributed by atoms with E-state index < -0.39 is 0 Å². The van der Waals surface area contributed by atoms with Gasteiger partial charge in [-0.1, -0.05) is 18.2 Å². The average Bonchev–Trinajstić information content (AvgIpc) is 2.57. The molecule has 0 aromatic carbocycles. The van der Waals surface area contributed by atoms with Crippen molar-refractivity contribution in [1.82, 2.24) is 4.57 Å². The molecule has 1 heterocycles. The van der Waals surface area contributed by atoms with E-state index in [-0.39, 0.29) is 6.04 Å². The molecule has 0 bridgehead atoms. The molecule has 0 saturated heterocycles. The molecule has 2 radical (unpaired) electrons. The number of aryl methyl sites for hydroxylation is 1. The van der Waals surface area contributed by atoms with E-state index >= 15 is 0 Å². The Morgan fingerprint density at radius 1 is 1.65 bits per heavy atom. The molecule has 1 aromatic rings. The second-order valence-corrected chi connectivity index (χ2v) is 4.95. The van der Waals surface area contributed by atoms with Crippen LogP contribution in [0.15, 0.2) is 18.3 Å². The minimum absolute atomic E-state index is 0.0104. The molecule has 17 heavy (non-hydrogen) atoms. The van der Waals surface area contributed by atoms with Crippen LogP contribution in [0.25, 0.3) is 11.5 Å². The highest BCUT2D eigenvalue weighted by Crippen LogP contribution is 2.08. The van der Waals surface area contributed by atoms with Crippen LogP contribution in [0.5, 0.6) is 0 Å². The molecule has 2 nitrogen and oxygen atoms in total. The van der Waals surface area contributed by atoms with Crippen molar-refractivity contribution in [3.8, 4) is 0 Å². The molecular weight excluding hydrogens is 207 g/mol. The van der Waals surface area contributed by atoms with E-state index in [1.807, 2.05) is 6.92 Å². The van der Waals surface area contributed by atoms with Gasteiger partial charge in [0, 0.05) is 24.6 Å². The molecule has 1 unspecified atom stereocenters. The van der Waals surface area contributed by atoms with Crippen molar-refractivity contribution >= 4 is 19.4 Å². The molecule has 88 valence electrons. The van der Waals surface area contributed by atoms with Crippen LogP contribution < -0.4 is 16.3 Å². The van der Waals surface area contributed by atoms with Crippen LogP contribution >= 0.6 is 0 Å². The van der Waals surface area contributed by atoms with Crippen LogP contribution in [0.4, 0.5) is 0 Å². The van der Waals surface area contributed by atoms with E-state index in [1.54, 1.807) is 0 Å². The molecule has 0 aliphatic heterocycles. The van der Waals surface area contributed by atoms with Crippen LogP contribution in [0.2, 0.25) is 0 Å². The van der Waals surface area contributed by atoms with E-state index in [1.165, 1.54) is 16.1 Å². The molecular formula is C14H19BN2. The Morgan fingerprint density at radius 2 is 2.35 bits per heavy atom. The molecule has 1 aliphatic carbocycles. The van der Waals surface area contributed by atoms with Crippen molar-refractivity contribution in [2.75, 3.05) is 0 Å². The highest BCUT2D eigenvalue weighted by atomic mass is 14.9. The molecule has 0 spiro atoms. The van der Waals surface area contributed by atoms with Gasteiger partial charge in [-0.2, -0.15) is 0 Å². The van der Waals surface area contributed by atoms with Gasteiger partial charge in [0.1, 0.15) is 7.85 Å². The fourth-order valence-electron chi connectivity index (χ4n) is 2.38. The summed E-state index contributed by atoms with van der Waals surface area (Å²) in [5.74, 6) is 0. The molecule has 0 fully saturated rings. The summed E-state index contributed by atoms with van der Waals surface area (Å²) in [6, 6.07) is 0.0104. The summed E-state index contributed by atoms with van der Waals surface area (Å²) >= 11 is 0. The Balaban J connectivity index is 2.51. The molecule has 1 atom stereocenters. The lowest BCUT2D eigenvalue weighted by molar-refractivity contribution is 0.761. The third-order valence-electron chi connectivity index (χ3n) is 3.45. The third-order valence-corrected chi connectivity index (χ3v) is 3.45. The summed E-state index contributed by atoms with van der Waals surface area (Å²) < 4.78 is 2.14. The van der Waals surface area contributed by atoms with E-state index in [0.29, 0.717) is 0 Å². The number of nitrogens with two attached hydrogens (primary N) is 1. The van der Waals surface area contributed by atoms with Gasteiger partial charge >= 0.3 is 0 Å². The van der Waals surface area contributed by atoms with Gasteiger partial charge in [-0.15, -0.1) is 5.47 Å². The number of hydrogen-bond acceptors (Lipinski definition) is 1. The lowest BCUT2D eigenvalue weighted by Gasteiger charge is -2.11. The lowest BCUT2D eigenvalue weighted by atomic mass is 9.85. The van der Waals surface area contributed by atoms with E-state index in [9.17, 15) is 0 Å². The van der Waals surface area contributed by atoms with Crippen LogP contribution in [0, 0.1) is 0 Å². The first-order valence-corrected chi connectivity index (χ1v) is 6.04. The Kier molecular flexibility index (Phi) is 3.29. The van der Waals surface area contributed by atoms with Crippen molar-refractivity contribution in [3.05, 3.63) is 34.5 Å². The van der Waals surface area contributed by atoms with Crippen molar-refractivity contribution in [2.24, 2.45) is 12.8 Å². The van der Waals surface area contributed by atoms with Crippen molar-refractivity contribution in [3.63, 3.8) is 0 Å². The van der Waals surface area contributed by atoms with Gasteiger partial charge in [-0.3, -0.25) is 0 Å². The first-order valence-electron chi connectivity index (χ1n) is 6.04. The van der Waals surface area contributed by atoms with E-state index in [0.717, 1.165) is 30.3 Å². The zero-order chi connectivity index (χ0) is 12.6. The van der Waals surface area contributed by atoms with Crippen LogP contribution in [0.1, 0.15) is 25.3 Å². The fraction of sp³-hybridized carbons (Fsp3) is 0.429. The Morgan fingerprint density at radius 3 is 3.00 bits per heavy atom. The minimum Gasteiger partial charge on any atom is -0.351 e.